The van der Waals surface area contributed by atoms with E-state index in [1.54, 1.807) is 20.8 Å². The summed E-state index contributed by atoms with van der Waals surface area (Å²) in [7, 11) is 1.30. The maximum Gasteiger partial charge on any atom is 0.407 e. The van der Waals surface area contributed by atoms with E-state index in [4.69, 9.17) is 9.47 Å². The van der Waals surface area contributed by atoms with Gasteiger partial charge in [-0.15, -0.1) is 0 Å². The minimum Gasteiger partial charge on any atom is -0.467 e. The van der Waals surface area contributed by atoms with E-state index >= 15 is 0 Å². The molecule has 0 aliphatic heterocycles. The minimum atomic E-state index is -0.495. The van der Waals surface area contributed by atoms with Gasteiger partial charge in [-0.1, -0.05) is 0 Å². The maximum atomic E-state index is 11.2. The van der Waals surface area contributed by atoms with Gasteiger partial charge in [0.05, 0.1) is 7.11 Å². The SMILES string of the molecule is COC(=O)COCCCNC(=O)OC(C)(C)C. The first-order valence-corrected chi connectivity index (χ1v) is 5.46. The van der Waals surface area contributed by atoms with Crippen LogP contribution >= 0.6 is 0 Å². The first-order chi connectivity index (χ1) is 7.85. The number of alkyl carbamates (subject to hydrolysis) is 1. The Kier molecular flexibility index (Phi) is 7.29. The van der Waals surface area contributed by atoms with Crippen molar-refractivity contribution in [3.8, 4) is 0 Å². The van der Waals surface area contributed by atoms with Crippen LogP contribution in [-0.4, -0.2) is 44.5 Å². The zero-order valence-electron chi connectivity index (χ0n) is 10.9. The Morgan fingerprint density at radius 1 is 1.24 bits per heavy atom. The van der Waals surface area contributed by atoms with E-state index in [0.717, 1.165) is 0 Å². The maximum absolute atomic E-state index is 11.2. The molecule has 0 rings (SSSR count). The number of amides is 1. The monoisotopic (exact) mass is 247 g/mol. The van der Waals surface area contributed by atoms with Crippen molar-refractivity contribution in [2.75, 3.05) is 26.9 Å². The Morgan fingerprint density at radius 2 is 1.88 bits per heavy atom. The molecule has 1 amide bonds. The Labute approximate surface area is 102 Å². The molecule has 0 aliphatic rings. The van der Waals surface area contributed by atoms with Crippen molar-refractivity contribution in [2.45, 2.75) is 32.8 Å². The zero-order chi connectivity index (χ0) is 13.3. The van der Waals surface area contributed by atoms with Crippen molar-refractivity contribution in [3.63, 3.8) is 0 Å². The van der Waals surface area contributed by atoms with Crippen LogP contribution in [0.4, 0.5) is 4.79 Å². The molecule has 0 bridgehead atoms. The molecule has 0 radical (unpaired) electrons. The smallest absolute Gasteiger partial charge is 0.407 e. The highest BCUT2D eigenvalue weighted by atomic mass is 16.6. The summed E-state index contributed by atoms with van der Waals surface area (Å²) in [4.78, 5) is 21.9. The van der Waals surface area contributed by atoms with Crippen molar-refractivity contribution >= 4 is 12.1 Å². The fourth-order valence-corrected chi connectivity index (χ4v) is 0.893. The number of carbonyl (C=O) groups is 2. The van der Waals surface area contributed by atoms with Gasteiger partial charge in [-0.25, -0.2) is 9.59 Å². The van der Waals surface area contributed by atoms with Gasteiger partial charge in [0, 0.05) is 13.2 Å². The second kappa shape index (κ2) is 7.89. The second-order valence-corrected chi connectivity index (χ2v) is 4.41. The van der Waals surface area contributed by atoms with Crippen LogP contribution in [-0.2, 0) is 19.0 Å². The molecular formula is C11H21NO5. The van der Waals surface area contributed by atoms with Crippen LogP contribution in [0.2, 0.25) is 0 Å². The van der Waals surface area contributed by atoms with E-state index < -0.39 is 17.7 Å². The van der Waals surface area contributed by atoms with E-state index in [1.165, 1.54) is 7.11 Å². The fourth-order valence-electron chi connectivity index (χ4n) is 0.893. The van der Waals surface area contributed by atoms with Crippen molar-refractivity contribution in [1.82, 2.24) is 5.32 Å². The van der Waals surface area contributed by atoms with Crippen LogP contribution in [0.1, 0.15) is 27.2 Å². The number of esters is 1. The molecule has 0 heterocycles. The fraction of sp³-hybridized carbons (Fsp3) is 0.818. The van der Waals surface area contributed by atoms with Gasteiger partial charge in [0.1, 0.15) is 12.2 Å². The first kappa shape index (κ1) is 15.7. The summed E-state index contributed by atoms with van der Waals surface area (Å²) < 4.78 is 14.4. The van der Waals surface area contributed by atoms with Gasteiger partial charge in [-0.3, -0.25) is 0 Å². The van der Waals surface area contributed by atoms with E-state index in [-0.39, 0.29) is 6.61 Å². The van der Waals surface area contributed by atoms with Gasteiger partial charge >= 0.3 is 12.1 Å². The predicted molar refractivity (Wildman–Crippen MR) is 61.7 cm³/mol. The molecule has 100 valence electrons. The van der Waals surface area contributed by atoms with Gasteiger partial charge in [-0.2, -0.15) is 0 Å². The van der Waals surface area contributed by atoms with Crippen molar-refractivity contribution in [2.24, 2.45) is 0 Å². The number of hydrogen-bond donors (Lipinski definition) is 1. The van der Waals surface area contributed by atoms with Crippen LogP contribution < -0.4 is 5.32 Å². The summed E-state index contributed by atoms with van der Waals surface area (Å²) in [5.74, 6) is -0.412. The zero-order valence-corrected chi connectivity index (χ0v) is 10.9. The lowest BCUT2D eigenvalue weighted by Gasteiger charge is -2.19. The van der Waals surface area contributed by atoms with Crippen molar-refractivity contribution in [1.29, 1.82) is 0 Å². The quantitative estimate of drug-likeness (QED) is 0.562. The van der Waals surface area contributed by atoms with Crippen LogP contribution in [0.5, 0.6) is 0 Å². The molecule has 0 fully saturated rings. The Hall–Kier alpha value is -1.30. The largest absolute Gasteiger partial charge is 0.467 e. The number of methoxy groups -OCH3 is 1. The average Bonchev–Trinajstić information content (AvgIpc) is 2.20. The van der Waals surface area contributed by atoms with Gasteiger partial charge in [0.25, 0.3) is 0 Å². The minimum absolute atomic E-state index is 0.0665. The van der Waals surface area contributed by atoms with Gasteiger partial charge < -0.3 is 19.5 Å². The molecule has 0 saturated carbocycles. The molecule has 6 heteroatoms. The molecule has 17 heavy (non-hydrogen) atoms. The third kappa shape index (κ3) is 11.0. The van der Waals surface area contributed by atoms with Crippen molar-refractivity contribution in [3.05, 3.63) is 0 Å². The Morgan fingerprint density at radius 3 is 2.41 bits per heavy atom. The Balaban J connectivity index is 3.40. The molecule has 0 aliphatic carbocycles. The molecule has 0 atom stereocenters. The molecule has 0 unspecified atom stereocenters. The highest BCUT2D eigenvalue weighted by Crippen LogP contribution is 2.06. The number of hydrogen-bond acceptors (Lipinski definition) is 5. The number of nitrogens with one attached hydrogen (secondary N) is 1. The lowest BCUT2D eigenvalue weighted by Crippen LogP contribution is -2.33. The van der Waals surface area contributed by atoms with Crippen LogP contribution in [0, 0.1) is 0 Å². The van der Waals surface area contributed by atoms with E-state index in [2.05, 4.69) is 10.1 Å². The third-order valence-electron chi connectivity index (χ3n) is 1.58. The highest BCUT2D eigenvalue weighted by molar-refractivity contribution is 5.70. The summed E-state index contributed by atoms with van der Waals surface area (Å²) in [5.41, 5.74) is -0.495. The Bertz CT molecular complexity index is 247. The molecule has 0 aromatic heterocycles. The number of carbonyl (C=O) groups excluding carboxylic acids is 2. The lowest BCUT2D eigenvalue weighted by molar-refractivity contribution is -0.145. The molecule has 0 saturated heterocycles. The summed E-state index contributed by atoms with van der Waals surface area (Å²) in [6.45, 7) is 6.15. The molecule has 0 spiro atoms. The molecule has 6 nitrogen and oxygen atoms in total. The first-order valence-electron chi connectivity index (χ1n) is 5.46. The van der Waals surface area contributed by atoms with E-state index in [0.29, 0.717) is 19.6 Å². The predicted octanol–water partition coefficient (Wildman–Crippen LogP) is 1.09. The molecular weight excluding hydrogens is 226 g/mol. The van der Waals surface area contributed by atoms with Crippen LogP contribution in [0.15, 0.2) is 0 Å². The second-order valence-electron chi connectivity index (χ2n) is 4.41. The van der Waals surface area contributed by atoms with Gasteiger partial charge in [-0.05, 0) is 27.2 Å². The summed E-state index contributed by atoms with van der Waals surface area (Å²) in [6.07, 6.45) is 0.154. The summed E-state index contributed by atoms with van der Waals surface area (Å²) in [5, 5.41) is 2.58. The molecule has 1 N–H and O–H groups in total. The van der Waals surface area contributed by atoms with Gasteiger partial charge in [0.15, 0.2) is 0 Å². The number of ether oxygens (including phenoxy) is 3. The van der Waals surface area contributed by atoms with Crippen LogP contribution in [0.3, 0.4) is 0 Å². The highest BCUT2D eigenvalue weighted by Gasteiger charge is 2.15. The summed E-state index contributed by atoms with van der Waals surface area (Å²) in [6, 6.07) is 0. The molecule has 0 aromatic rings. The average molecular weight is 247 g/mol. The van der Waals surface area contributed by atoms with E-state index in [1.807, 2.05) is 0 Å². The van der Waals surface area contributed by atoms with Gasteiger partial charge in [0.2, 0.25) is 0 Å². The standard InChI is InChI=1S/C11H21NO5/c1-11(2,3)17-10(14)12-6-5-7-16-8-9(13)15-4/h5-8H2,1-4H3,(H,12,14). The van der Waals surface area contributed by atoms with Crippen molar-refractivity contribution < 1.29 is 23.8 Å². The third-order valence-corrected chi connectivity index (χ3v) is 1.58. The summed E-state index contributed by atoms with van der Waals surface area (Å²) >= 11 is 0. The lowest BCUT2D eigenvalue weighted by atomic mass is 10.2. The normalized spacial score (nSPS) is 10.8. The van der Waals surface area contributed by atoms with Crippen LogP contribution in [0.25, 0.3) is 0 Å². The topological polar surface area (TPSA) is 73.9 Å². The van der Waals surface area contributed by atoms with E-state index in [9.17, 15) is 9.59 Å². The number of rotatable bonds is 6. The molecule has 0 aromatic carbocycles.